The Morgan fingerprint density at radius 2 is 2.30 bits per heavy atom. The number of aliphatic carboxylic acids is 1. The van der Waals surface area contributed by atoms with Crippen molar-refractivity contribution in [1.82, 2.24) is 10.2 Å². The van der Waals surface area contributed by atoms with E-state index in [1.807, 2.05) is 0 Å². The zero-order valence-electron chi connectivity index (χ0n) is 11.2. The third kappa shape index (κ3) is 2.04. The number of rotatable bonds is 4. The molecule has 3 aliphatic heterocycles. The number of carbonyl (C=O) groups excluding carboxylic acids is 1. The molecule has 0 aliphatic carbocycles. The van der Waals surface area contributed by atoms with Crippen LogP contribution in [0.25, 0.3) is 0 Å². The predicted molar refractivity (Wildman–Crippen MR) is 73.9 cm³/mol. The summed E-state index contributed by atoms with van der Waals surface area (Å²) < 4.78 is 0. The summed E-state index contributed by atoms with van der Waals surface area (Å²) in [5.41, 5.74) is 0.133. The van der Waals surface area contributed by atoms with E-state index in [-0.39, 0.29) is 17.6 Å². The molecule has 0 spiro atoms. The first-order valence-electron chi connectivity index (χ1n) is 6.85. The number of aliphatic hydroxyl groups excluding tert-OH is 1. The van der Waals surface area contributed by atoms with Gasteiger partial charge in [0.25, 0.3) is 0 Å². The van der Waals surface area contributed by atoms with Gasteiger partial charge in [-0.3, -0.25) is 4.79 Å². The zero-order valence-corrected chi connectivity index (χ0v) is 12.0. The summed E-state index contributed by atoms with van der Waals surface area (Å²) in [6.45, 7) is 3.42. The van der Waals surface area contributed by atoms with Crippen molar-refractivity contribution in [3.05, 3.63) is 10.6 Å². The van der Waals surface area contributed by atoms with Crippen LogP contribution in [0.4, 0.5) is 0 Å². The number of thioether (sulfide) groups is 1. The van der Waals surface area contributed by atoms with Gasteiger partial charge in [0.15, 0.2) is 0 Å². The molecule has 0 aromatic rings. The second-order valence-electron chi connectivity index (χ2n) is 5.56. The maximum atomic E-state index is 12.0. The lowest BCUT2D eigenvalue weighted by Crippen LogP contribution is -2.61. The van der Waals surface area contributed by atoms with E-state index in [1.165, 1.54) is 4.90 Å². The molecular formula is C13H18N2O4S. The average Bonchev–Trinajstić information content (AvgIpc) is 2.95. The number of carboxylic acids is 1. The molecule has 6 nitrogen and oxygen atoms in total. The highest BCUT2D eigenvalue weighted by Crippen LogP contribution is 2.48. The van der Waals surface area contributed by atoms with E-state index < -0.39 is 18.0 Å². The van der Waals surface area contributed by atoms with Gasteiger partial charge in [-0.25, -0.2) is 4.79 Å². The minimum Gasteiger partial charge on any atom is -0.477 e. The summed E-state index contributed by atoms with van der Waals surface area (Å²) in [4.78, 5) is 25.6. The van der Waals surface area contributed by atoms with E-state index in [9.17, 15) is 19.8 Å². The zero-order chi connectivity index (χ0) is 14.4. The van der Waals surface area contributed by atoms with Gasteiger partial charge >= 0.3 is 5.97 Å². The smallest absolute Gasteiger partial charge is 0.353 e. The summed E-state index contributed by atoms with van der Waals surface area (Å²) in [7, 11) is 0. The minimum atomic E-state index is -1.04. The van der Waals surface area contributed by atoms with Crippen LogP contribution in [-0.4, -0.2) is 57.5 Å². The van der Waals surface area contributed by atoms with Gasteiger partial charge in [-0.15, -0.1) is 11.8 Å². The molecular weight excluding hydrogens is 280 g/mol. The van der Waals surface area contributed by atoms with Crippen molar-refractivity contribution in [2.45, 2.75) is 37.2 Å². The largest absolute Gasteiger partial charge is 0.477 e. The van der Waals surface area contributed by atoms with Gasteiger partial charge in [-0.1, -0.05) is 0 Å². The van der Waals surface area contributed by atoms with Gasteiger partial charge in [-0.05, 0) is 19.9 Å². The van der Waals surface area contributed by atoms with Crippen LogP contribution in [-0.2, 0) is 9.59 Å². The van der Waals surface area contributed by atoms with Crippen LogP contribution in [0.5, 0.6) is 0 Å². The minimum absolute atomic E-state index is 0.133. The van der Waals surface area contributed by atoms with Gasteiger partial charge < -0.3 is 20.4 Å². The Labute approximate surface area is 121 Å². The number of β-lactam (4-membered cyclic amide) rings is 1. The second kappa shape index (κ2) is 5.05. The van der Waals surface area contributed by atoms with Crippen molar-refractivity contribution in [2.75, 3.05) is 13.1 Å². The number of nitrogens with one attached hydrogen (secondary N) is 1. The SMILES string of the molecule is C[C@@H](O)[C@H]1C(=O)N2C(C(=O)O)=C(S[C@@H]3CCNC3)C[C@H]12. The first kappa shape index (κ1) is 13.9. The van der Waals surface area contributed by atoms with Crippen LogP contribution in [0.3, 0.4) is 0 Å². The van der Waals surface area contributed by atoms with Crippen LogP contribution < -0.4 is 5.32 Å². The van der Waals surface area contributed by atoms with Crippen LogP contribution >= 0.6 is 11.8 Å². The van der Waals surface area contributed by atoms with Gasteiger partial charge in [0.2, 0.25) is 5.91 Å². The molecule has 4 atom stereocenters. The summed E-state index contributed by atoms with van der Waals surface area (Å²) in [5, 5.41) is 22.7. The topological polar surface area (TPSA) is 89.9 Å². The Hall–Kier alpha value is -1.05. The van der Waals surface area contributed by atoms with Crippen molar-refractivity contribution < 1.29 is 19.8 Å². The monoisotopic (exact) mass is 298 g/mol. The van der Waals surface area contributed by atoms with E-state index >= 15 is 0 Å². The van der Waals surface area contributed by atoms with Crippen LogP contribution in [0.15, 0.2) is 10.6 Å². The lowest BCUT2D eigenvalue weighted by molar-refractivity contribution is -0.161. The summed E-state index contributed by atoms with van der Waals surface area (Å²) in [5.74, 6) is -1.76. The highest BCUT2D eigenvalue weighted by Gasteiger charge is 2.56. The Bertz CT molecular complexity index is 485. The maximum absolute atomic E-state index is 12.0. The first-order valence-corrected chi connectivity index (χ1v) is 7.73. The lowest BCUT2D eigenvalue weighted by atomic mass is 9.83. The van der Waals surface area contributed by atoms with Gasteiger partial charge in [0, 0.05) is 23.1 Å². The number of fused-ring (bicyclic) bond motifs is 1. The van der Waals surface area contributed by atoms with Crippen molar-refractivity contribution in [3.8, 4) is 0 Å². The molecule has 0 saturated carbocycles. The third-order valence-corrected chi connectivity index (χ3v) is 5.59. The Morgan fingerprint density at radius 3 is 2.85 bits per heavy atom. The molecule has 3 aliphatic rings. The molecule has 7 heteroatoms. The van der Waals surface area contributed by atoms with Crippen LogP contribution in [0.1, 0.15) is 19.8 Å². The Kier molecular flexibility index (Phi) is 3.51. The molecule has 0 aromatic heterocycles. The molecule has 110 valence electrons. The highest BCUT2D eigenvalue weighted by molar-refractivity contribution is 8.03. The Balaban J connectivity index is 1.81. The number of hydrogen-bond acceptors (Lipinski definition) is 5. The molecule has 0 aromatic carbocycles. The lowest BCUT2D eigenvalue weighted by Gasteiger charge is -2.44. The van der Waals surface area contributed by atoms with E-state index in [0.29, 0.717) is 11.7 Å². The van der Waals surface area contributed by atoms with E-state index in [4.69, 9.17) is 0 Å². The van der Waals surface area contributed by atoms with Crippen molar-refractivity contribution in [1.29, 1.82) is 0 Å². The van der Waals surface area contributed by atoms with E-state index in [0.717, 1.165) is 24.4 Å². The van der Waals surface area contributed by atoms with Gasteiger partial charge in [0.05, 0.1) is 18.1 Å². The number of carbonyl (C=O) groups is 2. The molecule has 3 N–H and O–H groups in total. The molecule has 0 bridgehead atoms. The van der Waals surface area contributed by atoms with Crippen molar-refractivity contribution in [3.63, 3.8) is 0 Å². The van der Waals surface area contributed by atoms with Gasteiger partial charge in [-0.2, -0.15) is 0 Å². The fraction of sp³-hybridized carbons (Fsp3) is 0.692. The number of amides is 1. The second-order valence-corrected chi connectivity index (χ2v) is 6.95. The van der Waals surface area contributed by atoms with Crippen LogP contribution in [0.2, 0.25) is 0 Å². The first-order chi connectivity index (χ1) is 9.50. The number of hydrogen-bond donors (Lipinski definition) is 3. The van der Waals surface area contributed by atoms with Crippen molar-refractivity contribution >= 4 is 23.6 Å². The van der Waals surface area contributed by atoms with E-state index in [2.05, 4.69) is 5.32 Å². The number of nitrogens with zero attached hydrogens (tertiary/aromatic N) is 1. The van der Waals surface area contributed by atoms with Crippen LogP contribution in [0, 0.1) is 5.92 Å². The van der Waals surface area contributed by atoms with Crippen molar-refractivity contribution in [2.24, 2.45) is 5.92 Å². The normalized spacial score (nSPS) is 34.2. The molecule has 2 saturated heterocycles. The fourth-order valence-electron chi connectivity index (χ4n) is 3.27. The molecule has 1 amide bonds. The summed E-state index contributed by atoms with van der Waals surface area (Å²) in [6.07, 6.45) is 0.847. The standard InChI is InChI=1S/C13H18N2O4S/c1-6(16)10-8-4-9(20-7-2-3-14-5-7)11(13(18)19)15(8)12(10)17/h6-8,10,14,16H,2-5H2,1H3,(H,18,19)/t6-,7-,8-,10-/m1/s1. The third-order valence-electron chi connectivity index (χ3n) is 4.21. The molecule has 3 rings (SSSR count). The fourth-order valence-corrected chi connectivity index (χ4v) is 4.67. The molecule has 0 unspecified atom stereocenters. The predicted octanol–water partition coefficient (Wildman–Crippen LogP) is -0.0108. The number of aliphatic hydroxyl groups is 1. The average molecular weight is 298 g/mol. The van der Waals surface area contributed by atoms with Gasteiger partial charge in [0.1, 0.15) is 5.70 Å². The summed E-state index contributed by atoms with van der Waals surface area (Å²) in [6, 6.07) is -0.175. The molecule has 2 fully saturated rings. The molecule has 0 radical (unpaired) electrons. The quantitative estimate of drug-likeness (QED) is 0.633. The molecule has 3 heterocycles. The Morgan fingerprint density at radius 1 is 1.55 bits per heavy atom. The summed E-state index contributed by atoms with van der Waals surface area (Å²) >= 11 is 1.58. The maximum Gasteiger partial charge on any atom is 0.353 e. The molecule has 20 heavy (non-hydrogen) atoms. The number of carboxylic acid groups (broad SMARTS) is 1. The van der Waals surface area contributed by atoms with E-state index in [1.54, 1.807) is 18.7 Å². The highest BCUT2D eigenvalue weighted by atomic mass is 32.2.